The molecular weight excluding hydrogens is 226 g/mol. The highest BCUT2D eigenvalue weighted by molar-refractivity contribution is 5.60. The van der Waals surface area contributed by atoms with Gasteiger partial charge in [0.2, 0.25) is 11.8 Å². The molecule has 0 fully saturated rings. The Morgan fingerprint density at radius 2 is 1.89 bits per heavy atom. The third-order valence-corrected chi connectivity index (χ3v) is 2.76. The lowest BCUT2D eigenvalue weighted by Gasteiger charge is -2.21. The highest BCUT2D eigenvalue weighted by Gasteiger charge is 2.21. The number of aromatic nitrogens is 2. The summed E-state index contributed by atoms with van der Waals surface area (Å²) >= 11 is 0. The topological polar surface area (TPSA) is 51.0 Å². The van der Waals surface area contributed by atoms with Gasteiger partial charge in [0.25, 0.3) is 0 Å². The van der Waals surface area contributed by atoms with Gasteiger partial charge in [0.15, 0.2) is 0 Å². The SMILES string of the molecule is CNCc1nnc(-c2ccccc2C(C)(C)C)o1. The van der Waals surface area contributed by atoms with Crippen molar-refractivity contribution in [3.05, 3.63) is 35.7 Å². The summed E-state index contributed by atoms with van der Waals surface area (Å²) in [6, 6.07) is 8.16. The normalized spacial score (nSPS) is 11.8. The van der Waals surface area contributed by atoms with E-state index in [4.69, 9.17) is 4.42 Å². The van der Waals surface area contributed by atoms with Crippen LogP contribution in [0.15, 0.2) is 28.7 Å². The lowest BCUT2D eigenvalue weighted by Crippen LogP contribution is -2.12. The molecule has 0 saturated carbocycles. The van der Waals surface area contributed by atoms with Crippen LogP contribution in [0.1, 0.15) is 32.2 Å². The van der Waals surface area contributed by atoms with Gasteiger partial charge in [0, 0.05) is 5.56 Å². The molecule has 0 amide bonds. The van der Waals surface area contributed by atoms with E-state index in [1.54, 1.807) is 0 Å². The quantitative estimate of drug-likeness (QED) is 0.903. The van der Waals surface area contributed by atoms with E-state index >= 15 is 0 Å². The molecule has 0 aliphatic carbocycles. The van der Waals surface area contributed by atoms with Gasteiger partial charge in [-0.2, -0.15) is 0 Å². The summed E-state index contributed by atoms with van der Waals surface area (Å²) in [5.74, 6) is 1.20. The predicted octanol–water partition coefficient (Wildman–Crippen LogP) is 2.75. The van der Waals surface area contributed by atoms with Crippen molar-refractivity contribution in [2.24, 2.45) is 0 Å². The molecule has 2 rings (SSSR count). The van der Waals surface area contributed by atoms with Crippen LogP contribution < -0.4 is 5.32 Å². The van der Waals surface area contributed by atoms with Crippen LogP contribution in [0.2, 0.25) is 0 Å². The fourth-order valence-corrected chi connectivity index (χ4v) is 1.91. The van der Waals surface area contributed by atoms with E-state index in [1.165, 1.54) is 5.56 Å². The molecular formula is C14H19N3O. The third kappa shape index (κ3) is 2.59. The van der Waals surface area contributed by atoms with Gasteiger partial charge >= 0.3 is 0 Å². The molecule has 0 radical (unpaired) electrons. The predicted molar refractivity (Wildman–Crippen MR) is 71.2 cm³/mol. The van der Waals surface area contributed by atoms with Gasteiger partial charge in [-0.15, -0.1) is 10.2 Å². The second-order valence-corrected chi connectivity index (χ2v) is 5.33. The molecule has 0 saturated heterocycles. The Morgan fingerprint density at radius 1 is 1.17 bits per heavy atom. The second kappa shape index (κ2) is 4.90. The Labute approximate surface area is 107 Å². The van der Waals surface area contributed by atoms with Crippen LogP contribution in [0.3, 0.4) is 0 Å². The Balaban J connectivity index is 2.43. The van der Waals surface area contributed by atoms with Gasteiger partial charge in [-0.1, -0.05) is 39.0 Å². The molecule has 0 aliphatic heterocycles. The van der Waals surface area contributed by atoms with Crippen LogP contribution in [-0.4, -0.2) is 17.2 Å². The van der Waals surface area contributed by atoms with Gasteiger partial charge in [-0.3, -0.25) is 0 Å². The van der Waals surface area contributed by atoms with Crippen molar-refractivity contribution in [2.45, 2.75) is 32.7 Å². The Morgan fingerprint density at radius 3 is 2.56 bits per heavy atom. The van der Waals surface area contributed by atoms with E-state index in [-0.39, 0.29) is 5.41 Å². The molecule has 4 nitrogen and oxygen atoms in total. The molecule has 18 heavy (non-hydrogen) atoms. The molecule has 0 aliphatic rings. The van der Waals surface area contributed by atoms with E-state index in [0.717, 1.165) is 5.56 Å². The summed E-state index contributed by atoms with van der Waals surface area (Å²) in [7, 11) is 1.85. The number of hydrogen-bond donors (Lipinski definition) is 1. The summed E-state index contributed by atoms with van der Waals surface area (Å²) in [5, 5.41) is 11.1. The maximum atomic E-state index is 5.66. The zero-order chi connectivity index (χ0) is 13.2. The van der Waals surface area contributed by atoms with Crippen molar-refractivity contribution in [1.29, 1.82) is 0 Å². The molecule has 96 valence electrons. The molecule has 0 bridgehead atoms. The molecule has 0 atom stereocenters. The van der Waals surface area contributed by atoms with Crippen molar-refractivity contribution in [3.8, 4) is 11.5 Å². The highest BCUT2D eigenvalue weighted by atomic mass is 16.4. The molecule has 1 aromatic carbocycles. The number of nitrogens with one attached hydrogen (secondary N) is 1. The van der Waals surface area contributed by atoms with E-state index in [2.05, 4.69) is 42.4 Å². The van der Waals surface area contributed by atoms with E-state index < -0.39 is 0 Å². The minimum atomic E-state index is 0.0498. The fourth-order valence-electron chi connectivity index (χ4n) is 1.91. The summed E-state index contributed by atoms with van der Waals surface area (Å²) in [6.45, 7) is 7.12. The number of benzene rings is 1. The summed E-state index contributed by atoms with van der Waals surface area (Å²) in [5.41, 5.74) is 2.28. The van der Waals surface area contributed by atoms with Crippen LogP contribution in [0.4, 0.5) is 0 Å². The van der Waals surface area contributed by atoms with Crippen LogP contribution >= 0.6 is 0 Å². The summed E-state index contributed by atoms with van der Waals surface area (Å²) < 4.78 is 5.66. The van der Waals surface area contributed by atoms with E-state index in [0.29, 0.717) is 18.3 Å². The Hall–Kier alpha value is -1.68. The lowest BCUT2D eigenvalue weighted by atomic mass is 9.84. The second-order valence-electron chi connectivity index (χ2n) is 5.33. The van der Waals surface area contributed by atoms with Crippen LogP contribution in [0, 0.1) is 0 Å². The molecule has 1 aromatic heterocycles. The molecule has 1 N–H and O–H groups in total. The first-order chi connectivity index (χ1) is 8.52. The van der Waals surface area contributed by atoms with Crippen LogP contribution in [0.25, 0.3) is 11.5 Å². The third-order valence-electron chi connectivity index (χ3n) is 2.76. The van der Waals surface area contributed by atoms with Crippen molar-refractivity contribution in [2.75, 3.05) is 7.05 Å². The van der Waals surface area contributed by atoms with Crippen molar-refractivity contribution in [3.63, 3.8) is 0 Å². The van der Waals surface area contributed by atoms with E-state index in [9.17, 15) is 0 Å². The standard InChI is InChI=1S/C14H19N3O/c1-14(2,3)11-8-6-5-7-10(11)13-17-16-12(18-13)9-15-4/h5-8,15H,9H2,1-4H3. The summed E-state index contributed by atoms with van der Waals surface area (Å²) in [4.78, 5) is 0. The monoisotopic (exact) mass is 245 g/mol. The molecule has 4 heteroatoms. The number of nitrogens with zero attached hydrogens (tertiary/aromatic N) is 2. The molecule has 0 spiro atoms. The zero-order valence-corrected chi connectivity index (χ0v) is 11.3. The molecule has 0 unspecified atom stereocenters. The number of hydrogen-bond acceptors (Lipinski definition) is 4. The number of rotatable bonds is 3. The average molecular weight is 245 g/mol. The lowest BCUT2D eigenvalue weighted by molar-refractivity contribution is 0.488. The Kier molecular flexibility index (Phi) is 3.48. The minimum Gasteiger partial charge on any atom is -0.419 e. The minimum absolute atomic E-state index is 0.0498. The largest absolute Gasteiger partial charge is 0.419 e. The van der Waals surface area contributed by atoms with Gasteiger partial charge < -0.3 is 9.73 Å². The maximum absolute atomic E-state index is 5.66. The highest BCUT2D eigenvalue weighted by Crippen LogP contribution is 2.31. The Bertz CT molecular complexity index is 526. The first kappa shape index (κ1) is 12.8. The van der Waals surface area contributed by atoms with Crippen molar-refractivity contribution in [1.82, 2.24) is 15.5 Å². The zero-order valence-electron chi connectivity index (χ0n) is 11.3. The fraction of sp³-hybridized carbons (Fsp3) is 0.429. The summed E-state index contributed by atoms with van der Waals surface area (Å²) in [6.07, 6.45) is 0. The molecule has 1 heterocycles. The van der Waals surface area contributed by atoms with Gasteiger partial charge in [-0.05, 0) is 24.1 Å². The first-order valence-electron chi connectivity index (χ1n) is 6.09. The van der Waals surface area contributed by atoms with E-state index in [1.807, 2.05) is 25.2 Å². The van der Waals surface area contributed by atoms with Crippen LogP contribution in [-0.2, 0) is 12.0 Å². The first-order valence-corrected chi connectivity index (χ1v) is 6.09. The van der Waals surface area contributed by atoms with Gasteiger partial charge in [-0.25, -0.2) is 0 Å². The smallest absolute Gasteiger partial charge is 0.248 e. The van der Waals surface area contributed by atoms with Crippen molar-refractivity contribution < 1.29 is 4.42 Å². The van der Waals surface area contributed by atoms with Gasteiger partial charge in [0.1, 0.15) is 0 Å². The van der Waals surface area contributed by atoms with Crippen LogP contribution in [0.5, 0.6) is 0 Å². The average Bonchev–Trinajstić information content (AvgIpc) is 2.77. The van der Waals surface area contributed by atoms with Crippen molar-refractivity contribution >= 4 is 0 Å². The molecule has 2 aromatic rings. The van der Waals surface area contributed by atoms with Gasteiger partial charge in [0.05, 0.1) is 6.54 Å². The maximum Gasteiger partial charge on any atom is 0.248 e.